The van der Waals surface area contributed by atoms with Crippen LogP contribution in [-0.4, -0.2) is 64.2 Å². The first-order valence-electron chi connectivity index (χ1n) is 11.2. The van der Waals surface area contributed by atoms with E-state index in [1.807, 2.05) is 13.8 Å². The number of nitrogens with zero attached hydrogens (tertiary/aromatic N) is 3. The first-order valence-corrected chi connectivity index (χ1v) is 11.6. The minimum atomic E-state index is -1.12. The number of piperazine rings is 1. The van der Waals surface area contributed by atoms with Gasteiger partial charge in [-0.25, -0.2) is 18.6 Å². The third-order valence-electron chi connectivity index (χ3n) is 5.90. The molecular weight excluding hydrogens is 512 g/mol. The van der Waals surface area contributed by atoms with Crippen molar-refractivity contribution in [2.75, 3.05) is 26.2 Å². The maximum Gasteiger partial charge on any atom is 0.409 e. The van der Waals surface area contributed by atoms with Crippen LogP contribution in [-0.2, 0) is 4.74 Å². The van der Waals surface area contributed by atoms with Gasteiger partial charge in [0, 0.05) is 42.2 Å². The lowest BCUT2D eigenvalue weighted by Crippen LogP contribution is -2.55. The van der Waals surface area contributed by atoms with Crippen molar-refractivity contribution >= 4 is 48.0 Å². The highest BCUT2D eigenvalue weighted by atomic mass is 35.5. The van der Waals surface area contributed by atoms with E-state index in [1.165, 1.54) is 6.07 Å². The number of carbonyl (C=O) groups is 2. The van der Waals surface area contributed by atoms with Crippen molar-refractivity contribution < 1.29 is 28.2 Å². The zero-order chi connectivity index (χ0) is 25.3. The van der Waals surface area contributed by atoms with Gasteiger partial charge in [0.25, 0.3) is 5.91 Å². The molecule has 11 heteroatoms. The van der Waals surface area contributed by atoms with E-state index >= 15 is 0 Å². The normalized spacial score (nSPS) is 15.5. The number of hydrogen-bond donors (Lipinski definition) is 1. The summed E-state index contributed by atoms with van der Waals surface area (Å²) in [6.07, 6.45) is 0.350. The van der Waals surface area contributed by atoms with Gasteiger partial charge in [-0.1, -0.05) is 24.6 Å². The van der Waals surface area contributed by atoms with Gasteiger partial charge in [-0.2, -0.15) is 13.5 Å². The summed E-state index contributed by atoms with van der Waals surface area (Å²) in [5.74, 6) is -3.53. The lowest BCUT2D eigenvalue weighted by Gasteiger charge is -2.39. The van der Waals surface area contributed by atoms with E-state index in [1.54, 1.807) is 28.0 Å². The third-order valence-corrected chi connectivity index (χ3v) is 6.21. The van der Waals surface area contributed by atoms with E-state index in [0.717, 1.165) is 18.6 Å². The Morgan fingerprint density at radius 2 is 1.86 bits per heavy atom. The number of ether oxygens (including phenoxy) is 1. The van der Waals surface area contributed by atoms with Crippen molar-refractivity contribution in [1.82, 2.24) is 14.8 Å². The quantitative estimate of drug-likeness (QED) is 0.485. The topological polar surface area (TPSA) is 83.0 Å². The van der Waals surface area contributed by atoms with Crippen LogP contribution < -0.4 is 0 Å². The maximum atomic E-state index is 13.9. The Balaban J connectivity index is 0.00000361. The van der Waals surface area contributed by atoms with Gasteiger partial charge < -0.3 is 19.6 Å². The van der Waals surface area contributed by atoms with Crippen LogP contribution in [0.1, 0.15) is 30.6 Å². The van der Waals surface area contributed by atoms with Crippen molar-refractivity contribution in [2.24, 2.45) is 0 Å². The molecule has 0 spiro atoms. The highest BCUT2D eigenvalue weighted by Crippen LogP contribution is 2.32. The smallest absolute Gasteiger partial charge is 0.409 e. The fourth-order valence-electron chi connectivity index (χ4n) is 4.05. The highest BCUT2D eigenvalue weighted by molar-refractivity contribution is 7.59. The first-order chi connectivity index (χ1) is 16.7. The number of hydrogen-bond acceptors (Lipinski definition) is 5. The van der Waals surface area contributed by atoms with Gasteiger partial charge in [-0.3, -0.25) is 4.79 Å². The number of phenols is 1. The third kappa shape index (κ3) is 5.49. The molecule has 1 aliphatic heterocycles. The van der Waals surface area contributed by atoms with Crippen LogP contribution in [0.5, 0.6) is 5.75 Å². The second-order valence-corrected chi connectivity index (χ2v) is 8.82. The molecule has 1 atom stereocenters. The molecule has 2 aromatic carbocycles. The zero-order valence-electron chi connectivity index (χ0n) is 19.7. The highest BCUT2D eigenvalue weighted by Gasteiger charge is 2.31. The molecule has 4 rings (SSSR count). The Morgan fingerprint density at radius 1 is 1.17 bits per heavy atom. The van der Waals surface area contributed by atoms with Crippen LogP contribution in [0, 0.1) is 11.6 Å². The molecule has 3 aromatic rings. The van der Waals surface area contributed by atoms with Crippen LogP contribution in [0.2, 0.25) is 5.02 Å². The molecule has 2 heterocycles. The Morgan fingerprint density at radius 3 is 2.50 bits per heavy atom. The average Bonchev–Trinajstić information content (AvgIpc) is 2.84. The number of pyridine rings is 1. The number of amides is 2. The molecule has 0 radical (unpaired) electrons. The molecule has 0 unspecified atom stereocenters. The number of aromatic nitrogens is 1. The van der Waals surface area contributed by atoms with Crippen LogP contribution in [0.3, 0.4) is 0 Å². The van der Waals surface area contributed by atoms with E-state index in [0.29, 0.717) is 47.7 Å². The first kappa shape index (κ1) is 27.5. The molecule has 1 aromatic heterocycles. The minimum absolute atomic E-state index is 0. The summed E-state index contributed by atoms with van der Waals surface area (Å²) in [4.78, 5) is 33.2. The van der Waals surface area contributed by atoms with E-state index in [-0.39, 0.29) is 42.8 Å². The molecule has 0 bridgehead atoms. The van der Waals surface area contributed by atoms with Crippen LogP contribution >= 0.6 is 25.1 Å². The van der Waals surface area contributed by atoms with Gasteiger partial charge in [0.05, 0.1) is 22.8 Å². The molecule has 1 N–H and O–H groups in total. The second-order valence-electron chi connectivity index (χ2n) is 8.42. The number of phenolic OH excluding ortho intramolecular Hbond substituents is 1. The minimum Gasteiger partial charge on any atom is -0.503 e. The largest absolute Gasteiger partial charge is 0.503 e. The molecule has 0 aliphatic carbocycles. The molecule has 0 saturated carbocycles. The van der Waals surface area contributed by atoms with Gasteiger partial charge in [-0.15, -0.1) is 0 Å². The molecule has 1 fully saturated rings. The summed E-state index contributed by atoms with van der Waals surface area (Å²) in [5, 5.41) is 10.2. The Labute approximate surface area is 219 Å². The zero-order valence-corrected chi connectivity index (χ0v) is 21.5. The number of rotatable bonds is 4. The fraction of sp³-hybridized carbons (Fsp3) is 0.320. The molecule has 192 valence electrons. The molecular formula is C25H26ClF2N3O4S. The van der Waals surface area contributed by atoms with Gasteiger partial charge in [-0.05, 0) is 43.7 Å². The lowest BCUT2D eigenvalue weighted by atomic mass is 10.1. The van der Waals surface area contributed by atoms with Gasteiger partial charge >= 0.3 is 6.09 Å². The van der Waals surface area contributed by atoms with Crippen LogP contribution in [0.15, 0.2) is 36.4 Å². The Hall–Kier alpha value is -3.11. The van der Waals surface area contributed by atoms with Crippen molar-refractivity contribution in [3.05, 3.63) is 58.6 Å². The average molecular weight is 538 g/mol. The fourth-order valence-corrected chi connectivity index (χ4v) is 4.32. The van der Waals surface area contributed by atoms with Gasteiger partial charge in [0.2, 0.25) is 0 Å². The number of carbonyl (C=O) groups excluding carboxylic acids is 2. The molecule has 7 nitrogen and oxygen atoms in total. The monoisotopic (exact) mass is 537 g/mol. The van der Waals surface area contributed by atoms with Crippen LogP contribution in [0.25, 0.3) is 22.2 Å². The summed E-state index contributed by atoms with van der Waals surface area (Å²) < 4.78 is 32.9. The van der Waals surface area contributed by atoms with E-state index in [4.69, 9.17) is 16.3 Å². The van der Waals surface area contributed by atoms with Crippen molar-refractivity contribution in [3.8, 4) is 17.0 Å². The number of halogens is 3. The molecule has 1 saturated heterocycles. The summed E-state index contributed by atoms with van der Waals surface area (Å²) in [6.45, 7) is 5.19. The molecule has 36 heavy (non-hydrogen) atoms. The van der Waals surface area contributed by atoms with Crippen molar-refractivity contribution in [2.45, 2.75) is 26.3 Å². The van der Waals surface area contributed by atoms with E-state index in [9.17, 15) is 23.5 Å². The number of benzene rings is 2. The predicted molar refractivity (Wildman–Crippen MR) is 138 cm³/mol. The molecule has 1 aliphatic rings. The maximum absolute atomic E-state index is 13.9. The van der Waals surface area contributed by atoms with Gasteiger partial charge in [0.15, 0.2) is 17.4 Å². The number of fused-ring (bicyclic) bond motifs is 1. The summed E-state index contributed by atoms with van der Waals surface area (Å²) >= 11 is 6.39. The summed E-state index contributed by atoms with van der Waals surface area (Å²) in [6, 6.07) is 8.06. The predicted octanol–water partition coefficient (Wildman–Crippen LogP) is 5.34. The standard InChI is InChI=1S/C25H24ClF2N3O4.H2S/c1-3-8-35-25(34)30-6-7-31(14(2)13-30)24(33)15-4-5-17-18(26)12-21(29-22(17)11-15)16-9-19(27)23(32)20(28)10-16;/h4-5,9-12,14,32H,3,6-8,13H2,1-2H3;1H2/t14-;/m0./s1. The lowest BCUT2D eigenvalue weighted by molar-refractivity contribution is 0.0414. The second kappa shape index (κ2) is 11.3. The Kier molecular flexibility index (Phi) is 8.63. The summed E-state index contributed by atoms with van der Waals surface area (Å²) in [5.41, 5.74) is 1.03. The SMILES string of the molecule is CCCOC(=O)N1CCN(C(=O)c2ccc3c(Cl)cc(-c4cc(F)c(O)c(F)c4)nc3c2)[C@@H](C)C1.S. The van der Waals surface area contributed by atoms with Crippen LogP contribution in [0.4, 0.5) is 13.6 Å². The van der Waals surface area contributed by atoms with Crippen molar-refractivity contribution in [3.63, 3.8) is 0 Å². The van der Waals surface area contributed by atoms with Gasteiger partial charge in [0.1, 0.15) is 0 Å². The number of aromatic hydroxyl groups is 1. The molecule has 2 amide bonds. The van der Waals surface area contributed by atoms with E-state index < -0.39 is 17.4 Å². The Bertz CT molecular complexity index is 1290. The van der Waals surface area contributed by atoms with Crippen molar-refractivity contribution in [1.29, 1.82) is 0 Å². The summed E-state index contributed by atoms with van der Waals surface area (Å²) in [7, 11) is 0. The van der Waals surface area contributed by atoms with E-state index in [2.05, 4.69) is 4.98 Å².